The van der Waals surface area contributed by atoms with Gasteiger partial charge in [-0.05, 0) is 82.7 Å². The van der Waals surface area contributed by atoms with E-state index in [0.717, 1.165) is 31.5 Å². The Balaban J connectivity index is 1.57. The predicted octanol–water partition coefficient (Wildman–Crippen LogP) is 2.69. The number of aryl methyl sites for hydroxylation is 2. The van der Waals surface area contributed by atoms with Crippen LogP contribution < -0.4 is 14.8 Å². The summed E-state index contributed by atoms with van der Waals surface area (Å²) >= 11 is 0. The van der Waals surface area contributed by atoms with Crippen LogP contribution in [0.4, 0.5) is 5.69 Å². The Hall–Kier alpha value is -2.58. The molecule has 0 aromatic heterocycles. The highest BCUT2D eigenvalue weighted by Crippen LogP contribution is 2.23. The first-order chi connectivity index (χ1) is 14.2. The number of rotatable bonds is 7. The van der Waals surface area contributed by atoms with E-state index in [-0.39, 0.29) is 23.5 Å². The molecule has 1 aliphatic heterocycles. The summed E-state index contributed by atoms with van der Waals surface area (Å²) in [5.74, 6) is 0.324. The third-order valence-electron chi connectivity index (χ3n) is 5.20. The third kappa shape index (κ3) is 5.96. The highest BCUT2D eigenvalue weighted by atomic mass is 32.2. The molecular weight excluding hydrogens is 402 g/mol. The average Bonchev–Trinajstić information content (AvgIpc) is 2.70. The highest BCUT2D eigenvalue weighted by Gasteiger charge is 2.19. The second kappa shape index (κ2) is 9.49. The molecule has 1 aliphatic rings. The van der Waals surface area contributed by atoms with Gasteiger partial charge >= 0.3 is 0 Å². The van der Waals surface area contributed by atoms with Gasteiger partial charge in [0.1, 0.15) is 5.75 Å². The number of carbonyl (C=O) groups is 1. The molecule has 2 N–H and O–H groups in total. The first kappa shape index (κ1) is 22.1. The summed E-state index contributed by atoms with van der Waals surface area (Å²) in [5.41, 5.74) is 2.20. The number of piperidine rings is 1. The molecular formula is C22H29N3O4S. The Morgan fingerprint density at radius 1 is 1.10 bits per heavy atom. The van der Waals surface area contributed by atoms with Gasteiger partial charge in [0.2, 0.25) is 0 Å². The fourth-order valence-corrected chi connectivity index (χ4v) is 4.50. The Bertz CT molecular complexity index is 982. The maximum atomic E-state index is 12.6. The number of amides is 1. The number of ether oxygens (including phenoxy) is 1. The summed E-state index contributed by atoms with van der Waals surface area (Å²) in [6.45, 7) is 5.54. The molecule has 1 saturated heterocycles. The smallest absolute Gasteiger partial charge is 0.261 e. The van der Waals surface area contributed by atoms with Crippen LogP contribution in [0.5, 0.6) is 5.75 Å². The number of carbonyl (C=O) groups excluding carboxylic acids is 1. The summed E-state index contributed by atoms with van der Waals surface area (Å²) < 4.78 is 33.5. The molecule has 1 amide bonds. The van der Waals surface area contributed by atoms with E-state index in [1.54, 1.807) is 31.2 Å². The van der Waals surface area contributed by atoms with Gasteiger partial charge in [-0.3, -0.25) is 9.52 Å². The lowest BCUT2D eigenvalue weighted by Gasteiger charge is -2.29. The minimum atomic E-state index is -3.71. The largest absolute Gasteiger partial charge is 0.484 e. The van der Waals surface area contributed by atoms with Crippen LogP contribution in [-0.2, 0) is 14.8 Å². The highest BCUT2D eigenvalue weighted by molar-refractivity contribution is 7.92. The van der Waals surface area contributed by atoms with Gasteiger partial charge in [0.05, 0.1) is 4.90 Å². The van der Waals surface area contributed by atoms with Crippen LogP contribution >= 0.6 is 0 Å². The van der Waals surface area contributed by atoms with E-state index in [4.69, 9.17) is 4.74 Å². The number of nitrogens with zero attached hydrogens (tertiary/aromatic N) is 1. The molecule has 7 nitrogen and oxygen atoms in total. The lowest BCUT2D eigenvalue weighted by Crippen LogP contribution is -2.44. The Morgan fingerprint density at radius 2 is 1.77 bits per heavy atom. The summed E-state index contributed by atoms with van der Waals surface area (Å²) in [6.07, 6.45) is 1.86. The number of nitrogens with one attached hydrogen (secondary N) is 2. The van der Waals surface area contributed by atoms with Crippen molar-refractivity contribution in [3.63, 3.8) is 0 Å². The molecule has 0 spiro atoms. The van der Waals surface area contributed by atoms with Crippen LogP contribution in [0.15, 0.2) is 47.4 Å². The van der Waals surface area contributed by atoms with Gasteiger partial charge in [-0.15, -0.1) is 0 Å². The first-order valence-electron chi connectivity index (χ1n) is 10.0. The number of sulfonamides is 1. The number of likely N-dealkylation sites (tertiary alicyclic amines) is 1. The fraction of sp³-hybridized carbons (Fsp3) is 0.409. The van der Waals surface area contributed by atoms with Crippen LogP contribution in [0.3, 0.4) is 0 Å². The molecule has 8 heteroatoms. The molecule has 1 heterocycles. The maximum absolute atomic E-state index is 12.6. The standard InChI is InChI=1S/C22H29N3O4S/c1-16-4-6-19(7-5-16)24-30(27,28)20-8-9-21(17(2)14-20)29-15-22(26)23-18-10-12-25(3)13-11-18/h4-9,14,18,24H,10-13,15H2,1-3H3,(H,23,26). The van der Waals surface area contributed by atoms with Gasteiger partial charge in [0, 0.05) is 11.7 Å². The van der Waals surface area contributed by atoms with Crippen molar-refractivity contribution in [3.05, 3.63) is 53.6 Å². The molecule has 2 aromatic rings. The number of hydrogen-bond acceptors (Lipinski definition) is 5. The molecule has 0 radical (unpaired) electrons. The number of anilines is 1. The summed E-state index contributed by atoms with van der Waals surface area (Å²) in [4.78, 5) is 14.6. The zero-order chi connectivity index (χ0) is 21.7. The van der Waals surface area contributed by atoms with Crippen molar-refractivity contribution in [1.82, 2.24) is 10.2 Å². The zero-order valence-corrected chi connectivity index (χ0v) is 18.5. The Labute approximate surface area is 178 Å². The predicted molar refractivity (Wildman–Crippen MR) is 117 cm³/mol. The van der Waals surface area contributed by atoms with Crippen molar-refractivity contribution >= 4 is 21.6 Å². The van der Waals surface area contributed by atoms with Gasteiger partial charge in [-0.25, -0.2) is 8.42 Å². The topological polar surface area (TPSA) is 87.7 Å². The van der Waals surface area contributed by atoms with Crippen molar-refractivity contribution in [2.75, 3.05) is 31.5 Å². The fourth-order valence-electron chi connectivity index (χ4n) is 3.35. The molecule has 2 aromatic carbocycles. The Morgan fingerprint density at radius 3 is 2.40 bits per heavy atom. The van der Waals surface area contributed by atoms with E-state index >= 15 is 0 Å². The van der Waals surface area contributed by atoms with Crippen LogP contribution in [-0.4, -0.2) is 52.0 Å². The molecule has 162 valence electrons. The van der Waals surface area contributed by atoms with E-state index < -0.39 is 10.0 Å². The van der Waals surface area contributed by atoms with Gasteiger partial charge in [-0.1, -0.05) is 17.7 Å². The van der Waals surface area contributed by atoms with Gasteiger partial charge in [0.25, 0.3) is 15.9 Å². The van der Waals surface area contributed by atoms with Crippen LogP contribution in [0.25, 0.3) is 0 Å². The van der Waals surface area contributed by atoms with Gasteiger partial charge in [-0.2, -0.15) is 0 Å². The van der Waals surface area contributed by atoms with Crippen molar-refractivity contribution in [2.24, 2.45) is 0 Å². The van der Waals surface area contributed by atoms with E-state index in [0.29, 0.717) is 17.0 Å². The maximum Gasteiger partial charge on any atom is 0.261 e. The van der Waals surface area contributed by atoms with Crippen LogP contribution in [0.1, 0.15) is 24.0 Å². The molecule has 0 bridgehead atoms. The number of hydrogen-bond donors (Lipinski definition) is 2. The molecule has 3 rings (SSSR count). The average molecular weight is 432 g/mol. The minimum Gasteiger partial charge on any atom is -0.484 e. The van der Waals surface area contributed by atoms with E-state index in [1.807, 2.05) is 19.1 Å². The van der Waals surface area contributed by atoms with E-state index in [1.165, 1.54) is 6.07 Å². The summed E-state index contributed by atoms with van der Waals surface area (Å²) in [5, 5.41) is 3.00. The molecule has 0 aliphatic carbocycles. The SMILES string of the molecule is Cc1ccc(NS(=O)(=O)c2ccc(OCC(=O)NC3CCN(C)CC3)c(C)c2)cc1. The first-order valence-corrected chi connectivity index (χ1v) is 11.5. The lowest BCUT2D eigenvalue weighted by molar-refractivity contribution is -0.124. The van der Waals surface area contributed by atoms with Crippen molar-refractivity contribution < 1.29 is 17.9 Å². The summed E-state index contributed by atoms with van der Waals surface area (Å²) in [6, 6.07) is 11.9. The van der Waals surface area contributed by atoms with Crippen molar-refractivity contribution in [1.29, 1.82) is 0 Å². The van der Waals surface area contributed by atoms with Crippen LogP contribution in [0.2, 0.25) is 0 Å². The van der Waals surface area contributed by atoms with Crippen molar-refractivity contribution in [2.45, 2.75) is 37.6 Å². The monoisotopic (exact) mass is 431 g/mol. The van der Waals surface area contributed by atoms with E-state index in [2.05, 4.69) is 22.0 Å². The van der Waals surface area contributed by atoms with E-state index in [9.17, 15) is 13.2 Å². The Kier molecular flexibility index (Phi) is 6.99. The lowest BCUT2D eigenvalue weighted by atomic mass is 10.1. The second-order valence-electron chi connectivity index (χ2n) is 7.83. The molecule has 1 fully saturated rings. The van der Waals surface area contributed by atoms with Crippen molar-refractivity contribution in [3.8, 4) is 5.75 Å². The number of benzene rings is 2. The normalized spacial score (nSPS) is 15.6. The zero-order valence-electron chi connectivity index (χ0n) is 17.6. The molecule has 0 atom stereocenters. The minimum absolute atomic E-state index is 0.0963. The molecule has 30 heavy (non-hydrogen) atoms. The molecule has 0 unspecified atom stereocenters. The second-order valence-corrected chi connectivity index (χ2v) is 9.51. The van der Waals surface area contributed by atoms with Gasteiger partial charge < -0.3 is 15.0 Å². The third-order valence-corrected chi connectivity index (χ3v) is 6.58. The summed E-state index contributed by atoms with van der Waals surface area (Å²) in [7, 11) is -1.64. The molecule has 0 saturated carbocycles. The van der Waals surface area contributed by atoms with Crippen LogP contribution in [0, 0.1) is 13.8 Å². The quantitative estimate of drug-likeness (QED) is 0.704. The van der Waals surface area contributed by atoms with Gasteiger partial charge in [0.15, 0.2) is 6.61 Å².